The Kier molecular flexibility index (Phi) is 7.32. The Morgan fingerprint density at radius 2 is 1.91 bits per heavy atom. The molecule has 2 aromatic heterocycles. The van der Waals surface area contributed by atoms with Crippen LogP contribution in [0.1, 0.15) is 38.3 Å². The summed E-state index contributed by atoms with van der Waals surface area (Å²) < 4.78 is 49.8. The number of nitrogens with one attached hydrogen (secondary N) is 1. The number of ether oxygens (including phenoxy) is 2. The summed E-state index contributed by atoms with van der Waals surface area (Å²) in [6.45, 7) is 3.39. The third kappa shape index (κ3) is 5.86. The molecule has 11 heteroatoms. The molecule has 174 valence electrons. The molecule has 0 aliphatic carbocycles. The predicted molar refractivity (Wildman–Crippen MR) is 120 cm³/mol. The second-order valence-electron chi connectivity index (χ2n) is 6.95. The summed E-state index contributed by atoms with van der Waals surface area (Å²) in [5, 5.41) is 2.90. The van der Waals surface area contributed by atoms with Gasteiger partial charge in [-0.3, -0.25) is 9.79 Å². The molecule has 0 atom stereocenters. The summed E-state index contributed by atoms with van der Waals surface area (Å²) in [5.74, 6) is 0.504. The van der Waals surface area contributed by atoms with E-state index in [9.17, 15) is 18.0 Å². The molecular weight excluding hydrogens is 457 g/mol. The molecule has 0 fully saturated rings. The minimum Gasteiger partial charge on any atom is -0.497 e. The number of anilines is 1. The van der Waals surface area contributed by atoms with Crippen LogP contribution in [0.4, 0.5) is 19.0 Å². The van der Waals surface area contributed by atoms with Crippen LogP contribution in [0.2, 0.25) is 0 Å². The van der Waals surface area contributed by atoms with E-state index in [0.717, 1.165) is 29.2 Å². The van der Waals surface area contributed by atoms with Crippen molar-refractivity contribution in [3.8, 4) is 11.5 Å². The number of alkyl halides is 3. The maximum atomic E-state index is 13.1. The first-order valence-electron chi connectivity index (χ1n) is 9.65. The molecule has 7 nitrogen and oxygen atoms in total. The van der Waals surface area contributed by atoms with Gasteiger partial charge in [0.1, 0.15) is 27.2 Å². The van der Waals surface area contributed by atoms with Crippen LogP contribution < -0.4 is 14.8 Å². The number of hydrogen-bond donors (Lipinski definition) is 1. The zero-order chi connectivity index (χ0) is 24.2. The van der Waals surface area contributed by atoms with Crippen molar-refractivity contribution in [2.24, 2.45) is 4.99 Å². The molecule has 0 spiro atoms. The van der Waals surface area contributed by atoms with E-state index in [0.29, 0.717) is 28.8 Å². The Bertz CT molecular complexity index is 1190. The Morgan fingerprint density at radius 1 is 1.15 bits per heavy atom. The fraction of sp³-hybridized carbons (Fsp3) is 0.273. The maximum absolute atomic E-state index is 13.1. The van der Waals surface area contributed by atoms with Crippen LogP contribution in [0, 0.1) is 6.92 Å². The molecule has 1 amide bonds. The average molecular weight is 478 g/mol. The van der Waals surface area contributed by atoms with E-state index < -0.39 is 17.6 Å². The number of halogens is 3. The van der Waals surface area contributed by atoms with Crippen molar-refractivity contribution in [2.45, 2.75) is 26.6 Å². The van der Waals surface area contributed by atoms with E-state index in [2.05, 4.69) is 20.3 Å². The second-order valence-corrected chi connectivity index (χ2v) is 7.98. The van der Waals surface area contributed by atoms with Gasteiger partial charge in [-0.05, 0) is 37.6 Å². The van der Waals surface area contributed by atoms with Crippen molar-refractivity contribution in [2.75, 3.05) is 19.5 Å². The number of nitrogens with zero attached hydrogens (tertiary/aromatic N) is 3. The number of aliphatic imine (C=N–C) groups is 1. The zero-order valence-electron chi connectivity index (χ0n) is 18.3. The van der Waals surface area contributed by atoms with E-state index in [1.165, 1.54) is 13.1 Å². The summed E-state index contributed by atoms with van der Waals surface area (Å²) in [7, 11) is 3.12. The molecule has 2 heterocycles. The van der Waals surface area contributed by atoms with Crippen molar-refractivity contribution >= 4 is 28.8 Å². The molecule has 0 bridgehead atoms. The third-order valence-electron chi connectivity index (χ3n) is 4.67. The number of aryl methyl sites for hydroxylation is 1. The van der Waals surface area contributed by atoms with Gasteiger partial charge in [0.25, 0.3) is 5.91 Å². The van der Waals surface area contributed by atoms with Crippen LogP contribution in [-0.4, -0.2) is 35.8 Å². The van der Waals surface area contributed by atoms with E-state index in [1.54, 1.807) is 33.3 Å². The first kappa shape index (κ1) is 24.2. The quantitative estimate of drug-likeness (QED) is 0.475. The number of hydrogen-bond acceptors (Lipinski definition) is 7. The van der Waals surface area contributed by atoms with Gasteiger partial charge < -0.3 is 14.8 Å². The summed E-state index contributed by atoms with van der Waals surface area (Å²) >= 11 is 1.08. The van der Waals surface area contributed by atoms with Crippen molar-refractivity contribution in [3.63, 3.8) is 0 Å². The molecule has 1 aromatic carbocycles. The Hall–Kier alpha value is -3.47. The lowest BCUT2D eigenvalue weighted by Crippen LogP contribution is -2.14. The zero-order valence-corrected chi connectivity index (χ0v) is 19.1. The number of carbonyl (C=O) groups excluding carboxylic acids is 1. The predicted octanol–water partition coefficient (Wildman–Crippen LogP) is 5.14. The van der Waals surface area contributed by atoms with Gasteiger partial charge in [0, 0.05) is 17.8 Å². The van der Waals surface area contributed by atoms with Crippen LogP contribution in [0.3, 0.4) is 0 Å². The number of benzene rings is 1. The van der Waals surface area contributed by atoms with Gasteiger partial charge in [0.15, 0.2) is 0 Å². The summed E-state index contributed by atoms with van der Waals surface area (Å²) in [4.78, 5) is 25.3. The van der Waals surface area contributed by atoms with Gasteiger partial charge >= 0.3 is 6.18 Å². The lowest BCUT2D eigenvalue weighted by atomic mass is 10.1. The molecule has 3 rings (SSSR count). The summed E-state index contributed by atoms with van der Waals surface area (Å²) in [5.41, 5.74) is 0.568. The van der Waals surface area contributed by atoms with E-state index in [4.69, 9.17) is 9.47 Å². The van der Waals surface area contributed by atoms with Crippen LogP contribution >= 0.6 is 11.3 Å². The highest BCUT2D eigenvalue weighted by Crippen LogP contribution is 2.33. The lowest BCUT2D eigenvalue weighted by molar-refractivity contribution is -0.138. The number of thiazole rings is 1. The number of methoxy groups -OCH3 is 2. The highest BCUT2D eigenvalue weighted by atomic mass is 32.1. The molecule has 33 heavy (non-hydrogen) atoms. The van der Waals surface area contributed by atoms with Crippen molar-refractivity contribution in [1.29, 1.82) is 0 Å². The lowest BCUT2D eigenvalue weighted by Gasteiger charge is -2.11. The van der Waals surface area contributed by atoms with Crippen LogP contribution in [-0.2, 0) is 12.7 Å². The Balaban J connectivity index is 1.72. The van der Waals surface area contributed by atoms with E-state index in [-0.39, 0.29) is 16.3 Å². The smallest absolute Gasteiger partial charge is 0.416 e. The molecule has 0 aliphatic rings. The Morgan fingerprint density at radius 3 is 2.58 bits per heavy atom. The van der Waals surface area contributed by atoms with Gasteiger partial charge in [-0.15, -0.1) is 11.3 Å². The van der Waals surface area contributed by atoms with Gasteiger partial charge in [0.05, 0.1) is 38.2 Å². The SMILES string of the molecule is COc1ccc(CN=C(C)c2ncc(C(=O)Nc3cc(C(F)(F)F)c(C)cn3)s2)c(OC)c1. The molecular formula is C22H21F3N4O3S. The normalized spacial score (nSPS) is 11.9. The standard InChI is InChI=1S/C22H21F3N4O3S/c1-12-9-27-19(8-16(12)22(23,24)25)29-20(30)18-11-28-21(33-18)13(2)26-10-14-5-6-15(31-3)7-17(14)32-4/h5-9,11H,10H2,1-4H3,(H,27,29,30). The first-order chi connectivity index (χ1) is 15.6. The fourth-order valence-electron chi connectivity index (χ4n) is 2.88. The molecule has 0 radical (unpaired) electrons. The molecule has 0 saturated carbocycles. The van der Waals surface area contributed by atoms with Crippen molar-refractivity contribution < 1.29 is 27.4 Å². The maximum Gasteiger partial charge on any atom is 0.416 e. The summed E-state index contributed by atoms with van der Waals surface area (Å²) in [6, 6.07) is 6.22. The highest BCUT2D eigenvalue weighted by Gasteiger charge is 2.33. The van der Waals surface area contributed by atoms with Crippen LogP contribution in [0.5, 0.6) is 11.5 Å². The van der Waals surface area contributed by atoms with Crippen LogP contribution in [0.25, 0.3) is 0 Å². The topological polar surface area (TPSA) is 85.7 Å². The molecule has 0 saturated heterocycles. The van der Waals surface area contributed by atoms with Gasteiger partial charge in [-0.1, -0.05) is 0 Å². The van der Waals surface area contributed by atoms with Gasteiger partial charge in [-0.25, -0.2) is 9.97 Å². The fourth-order valence-corrected chi connectivity index (χ4v) is 3.65. The number of amides is 1. The molecule has 1 N–H and O–H groups in total. The minimum absolute atomic E-state index is 0.0269. The highest BCUT2D eigenvalue weighted by molar-refractivity contribution is 7.15. The number of aromatic nitrogens is 2. The molecule has 0 unspecified atom stereocenters. The molecule has 0 aliphatic heterocycles. The second kappa shape index (κ2) is 9.99. The number of pyridine rings is 1. The largest absolute Gasteiger partial charge is 0.497 e. The molecule has 3 aromatic rings. The number of carbonyl (C=O) groups is 1. The van der Waals surface area contributed by atoms with E-state index >= 15 is 0 Å². The Labute approximate surface area is 192 Å². The van der Waals surface area contributed by atoms with Crippen molar-refractivity contribution in [1.82, 2.24) is 9.97 Å². The minimum atomic E-state index is -4.54. The summed E-state index contributed by atoms with van der Waals surface area (Å²) in [6.07, 6.45) is -2.12. The monoisotopic (exact) mass is 478 g/mol. The van der Waals surface area contributed by atoms with Crippen molar-refractivity contribution in [3.05, 3.63) is 63.2 Å². The average Bonchev–Trinajstić information content (AvgIpc) is 3.28. The number of rotatable bonds is 7. The first-order valence-corrected chi connectivity index (χ1v) is 10.5. The van der Waals surface area contributed by atoms with Crippen LogP contribution in [0.15, 0.2) is 41.7 Å². The third-order valence-corrected chi connectivity index (χ3v) is 5.77. The van der Waals surface area contributed by atoms with Gasteiger partial charge in [-0.2, -0.15) is 13.2 Å². The van der Waals surface area contributed by atoms with Gasteiger partial charge in [0.2, 0.25) is 0 Å². The van der Waals surface area contributed by atoms with E-state index in [1.807, 2.05) is 6.07 Å².